The van der Waals surface area contributed by atoms with Gasteiger partial charge in [0.2, 0.25) is 0 Å². The van der Waals surface area contributed by atoms with Gasteiger partial charge >= 0.3 is 0 Å². The minimum absolute atomic E-state index is 0.373. The molecule has 0 bridgehead atoms. The number of nitrogens with zero attached hydrogens (tertiary/aromatic N) is 2. The van der Waals surface area contributed by atoms with Crippen LogP contribution in [0.15, 0.2) is 48.0 Å². The molecule has 1 heterocycles. The van der Waals surface area contributed by atoms with Crippen molar-refractivity contribution in [1.29, 1.82) is 5.26 Å². The van der Waals surface area contributed by atoms with Crippen LogP contribution >= 0.6 is 57.7 Å². The van der Waals surface area contributed by atoms with Gasteiger partial charge in [0, 0.05) is 17.1 Å². The Morgan fingerprint density at radius 3 is 2.62 bits per heavy atom. The molecule has 3 rings (SSSR count). The number of aromatic nitrogens is 1. The Kier molecular flexibility index (Phi) is 6.08. The van der Waals surface area contributed by atoms with Gasteiger partial charge in [-0.3, -0.25) is 0 Å². The molecule has 26 heavy (non-hydrogen) atoms. The standard InChI is InChI=1S/C18H9Cl4N3S/c19-12-5-4-10(6-14(12)21)16-9-26-18(25-16)11(7-23)8-24-15-3-1-2-13(20)17(15)22/h1-6,8-9,24H/b11-8+. The van der Waals surface area contributed by atoms with Gasteiger partial charge in [-0.05, 0) is 24.3 Å². The molecule has 0 unspecified atom stereocenters. The van der Waals surface area contributed by atoms with Crippen molar-refractivity contribution >= 4 is 69.0 Å². The summed E-state index contributed by atoms with van der Waals surface area (Å²) in [4.78, 5) is 4.50. The first kappa shape index (κ1) is 19.0. The van der Waals surface area contributed by atoms with E-state index in [9.17, 15) is 5.26 Å². The first-order valence-corrected chi connectivity index (χ1v) is 9.61. The van der Waals surface area contributed by atoms with Crippen LogP contribution in [0.4, 0.5) is 5.69 Å². The van der Waals surface area contributed by atoms with Crippen LogP contribution in [-0.4, -0.2) is 4.98 Å². The first-order chi connectivity index (χ1) is 12.5. The lowest BCUT2D eigenvalue weighted by molar-refractivity contribution is 1.36. The molecule has 0 atom stereocenters. The van der Waals surface area contributed by atoms with E-state index in [2.05, 4.69) is 16.4 Å². The lowest BCUT2D eigenvalue weighted by atomic mass is 10.2. The molecule has 2 aromatic carbocycles. The lowest BCUT2D eigenvalue weighted by Crippen LogP contribution is -1.92. The highest BCUT2D eigenvalue weighted by atomic mass is 35.5. The van der Waals surface area contributed by atoms with Crippen LogP contribution in [0.1, 0.15) is 5.01 Å². The third-order valence-corrected chi connectivity index (χ3v) is 5.83. The maximum absolute atomic E-state index is 9.45. The zero-order chi connectivity index (χ0) is 18.7. The summed E-state index contributed by atoms with van der Waals surface area (Å²) >= 11 is 25.5. The Hall–Kier alpha value is -1.74. The molecule has 0 aliphatic carbocycles. The van der Waals surface area contributed by atoms with Crippen molar-refractivity contribution in [2.75, 3.05) is 5.32 Å². The van der Waals surface area contributed by atoms with E-state index in [1.165, 1.54) is 11.3 Å². The second kappa shape index (κ2) is 8.30. The van der Waals surface area contributed by atoms with Crippen molar-refractivity contribution in [3.8, 4) is 17.3 Å². The van der Waals surface area contributed by atoms with Crippen molar-refractivity contribution < 1.29 is 0 Å². The van der Waals surface area contributed by atoms with Crippen molar-refractivity contribution in [3.05, 3.63) is 73.1 Å². The zero-order valence-corrected chi connectivity index (χ0v) is 16.8. The fourth-order valence-corrected chi connectivity index (χ4v) is 3.54. The predicted molar refractivity (Wildman–Crippen MR) is 111 cm³/mol. The van der Waals surface area contributed by atoms with E-state index in [0.29, 0.717) is 42.1 Å². The van der Waals surface area contributed by atoms with Crippen molar-refractivity contribution in [3.63, 3.8) is 0 Å². The van der Waals surface area contributed by atoms with Gasteiger partial charge in [-0.25, -0.2) is 4.98 Å². The molecule has 1 aromatic heterocycles. The highest BCUT2D eigenvalue weighted by molar-refractivity contribution is 7.11. The zero-order valence-electron chi connectivity index (χ0n) is 12.9. The highest BCUT2D eigenvalue weighted by Gasteiger charge is 2.11. The summed E-state index contributed by atoms with van der Waals surface area (Å²) in [5.41, 5.74) is 2.51. The van der Waals surface area contributed by atoms with Gasteiger partial charge < -0.3 is 5.32 Å². The number of nitriles is 1. The summed E-state index contributed by atoms with van der Waals surface area (Å²) in [7, 11) is 0. The molecule has 3 nitrogen and oxygen atoms in total. The molecule has 8 heteroatoms. The van der Waals surface area contributed by atoms with Crippen LogP contribution in [0.2, 0.25) is 20.1 Å². The number of halogens is 4. The molecular formula is C18H9Cl4N3S. The lowest BCUT2D eigenvalue weighted by Gasteiger charge is -2.05. The third-order valence-electron chi connectivity index (χ3n) is 3.39. The minimum Gasteiger partial charge on any atom is -0.359 e. The minimum atomic E-state index is 0.373. The number of nitrogens with one attached hydrogen (secondary N) is 1. The highest BCUT2D eigenvalue weighted by Crippen LogP contribution is 2.32. The average Bonchev–Trinajstić information content (AvgIpc) is 3.11. The average molecular weight is 441 g/mol. The maximum Gasteiger partial charge on any atom is 0.136 e. The fraction of sp³-hybridized carbons (Fsp3) is 0. The maximum atomic E-state index is 9.45. The quantitative estimate of drug-likeness (QED) is 0.430. The van der Waals surface area contributed by atoms with Crippen LogP contribution in [0.3, 0.4) is 0 Å². The number of thiazole rings is 1. The number of benzene rings is 2. The molecule has 0 radical (unpaired) electrons. The van der Waals surface area contributed by atoms with Crippen LogP contribution in [0.5, 0.6) is 0 Å². The van der Waals surface area contributed by atoms with Crippen LogP contribution in [-0.2, 0) is 0 Å². The molecule has 1 N–H and O–H groups in total. The topological polar surface area (TPSA) is 48.7 Å². The molecule has 0 aliphatic rings. The normalized spacial score (nSPS) is 11.3. The second-order valence-corrected chi connectivity index (χ2v) is 7.54. The smallest absolute Gasteiger partial charge is 0.136 e. The van der Waals surface area contributed by atoms with Crippen LogP contribution < -0.4 is 5.32 Å². The molecule has 0 fully saturated rings. The molecule has 0 saturated heterocycles. The largest absolute Gasteiger partial charge is 0.359 e. The Labute approximate surface area is 174 Å². The Morgan fingerprint density at radius 2 is 1.88 bits per heavy atom. The summed E-state index contributed by atoms with van der Waals surface area (Å²) in [6.45, 7) is 0. The third kappa shape index (κ3) is 4.15. The summed E-state index contributed by atoms with van der Waals surface area (Å²) in [5.74, 6) is 0. The first-order valence-electron chi connectivity index (χ1n) is 7.21. The summed E-state index contributed by atoms with van der Waals surface area (Å²) in [6.07, 6.45) is 1.55. The molecule has 3 aromatic rings. The molecule has 0 spiro atoms. The van der Waals surface area contributed by atoms with Gasteiger partial charge in [0.15, 0.2) is 0 Å². The van der Waals surface area contributed by atoms with E-state index < -0.39 is 0 Å². The van der Waals surface area contributed by atoms with Crippen LogP contribution in [0.25, 0.3) is 16.8 Å². The van der Waals surface area contributed by atoms with Crippen molar-refractivity contribution in [2.24, 2.45) is 0 Å². The number of anilines is 1. The van der Waals surface area contributed by atoms with E-state index in [0.717, 1.165) is 5.56 Å². The number of hydrogen-bond acceptors (Lipinski definition) is 4. The van der Waals surface area contributed by atoms with E-state index >= 15 is 0 Å². The van der Waals surface area contributed by atoms with Gasteiger partial charge in [0.05, 0.1) is 31.5 Å². The summed E-state index contributed by atoms with van der Waals surface area (Å²) < 4.78 is 0. The molecule has 0 saturated carbocycles. The van der Waals surface area contributed by atoms with E-state index in [1.807, 2.05) is 11.4 Å². The van der Waals surface area contributed by atoms with Crippen molar-refractivity contribution in [1.82, 2.24) is 4.98 Å². The van der Waals surface area contributed by atoms with Gasteiger partial charge in [-0.15, -0.1) is 11.3 Å². The summed E-state index contributed by atoms with van der Waals surface area (Å²) in [5, 5.41) is 16.6. The SMILES string of the molecule is N#C/C(=C\Nc1cccc(Cl)c1Cl)c1nc(-c2ccc(Cl)c(Cl)c2)cs1. The number of allylic oxidation sites excluding steroid dienone is 1. The summed E-state index contributed by atoms with van der Waals surface area (Å²) in [6, 6.07) is 12.6. The Balaban J connectivity index is 1.87. The fourth-order valence-electron chi connectivity index (χ4n) is 2.09. The molecule has 130 valence electrons. The van der Waals surface area contributed by atoms with Crippen LogP contribution in [0, 0.1) is 11.3 Å². The van der Waals surface area contributed by atoms with E-state index in [1.54, 1.807) is 36.5 Å². The predicted octanol–water partition coefficient (Wildman–Crippen LogP) is 7.40. The second-order valence-electron chi connectivity index (χ2n) is 5.08. The molecule has 0 amide bonds. The molecule has 0 aliphatic heterocycles. The number of rotatable bonds is 4. The monoisotopic (exact) mass is 439 g/mol. The van der Waals surface area contributed by atoms with E-state index in [-0.39, 0.29) is 0 Å². The van der Waals surface area contributed by atoms with Gasteiger partial charge in [0.25, 0.3) is 0 Å². The van der Waals surface area contributed by atoms with E-state index in [4.69, 9.17) is 46.4 Å². The van der Waals surface area contributed by atoms with Crippen molar-refractivity contribution in [2.45, 2.75) is 0 Å². The van der Waals surface area contributed by atoms with Gasteiger partial charge in [-0.2, -0.15) is 5.26 Å². The van der Waals surface area contributed by atoms with Gasteiger partial charge in [0.1, 0.15) is 16.6 Å². The number of hydrogen-bond donors (Lipinski definition) is 1. The Morgan fingerprint density at radius 1 is 1.08 bits per heavy atom. The van der Waals surface area contributed by atoms with Gasteiger partial charge in [-0.1, -0.05) is 58.5 Å². The Bertz CT molecular complexity index is 1040. The molecular weight excluding hydrogens is 432 g/mol.